The van der Waals surface area contributed by atoms with Gasteiger partial charge in [-0.05, 0) is 26.8 Å². The molecule has 0 bridgehead atoms. The van der Waals surface area contributed by atoms with Crippen LogP contribution in [0.5, 0.6) is 0 Å². The molecular weight excluding hydrogens is 354 g/mol. The van der Waals surface area contributed by atoms with Crippen molar-refractivity contribution in [1.82, 2.24) is 10.0 Å². The molecule has 1 unspecified atom stereocenters. The van der Waals surface area contributed by atoms with Gasteiger partial charge in [-0.2, -0.15) is 0 Å². The van der Waals surface area contributed by atoms with Crippen LogP contribution in [0.4, 0.5) is 10.5 Å². The Morgan fingerprint density at radius 1 is 1.32 bits per heavy atom. The Hall–Kier alpha value is -2.24. The highest BCUT2D eigenvalue weighted by Crippen LogP contribution is 2.22. The molecule has 25 heavy (non-hydrogen) atoms. The van der Waals surface area contributed by atoms with Crippen molar-refractivity contribution in [2.75, 3.05) is 13.1 Å². The molecule has 0 aliphatic carbocycles. The summed E-state index contributed by atoms with van der Waals surface area (Å²) in [5.74, 6) is 0. The van der Waals surface area contributed by atoms with E-state index >= 15 is 0 Å². The number of alkyl carbamates (subject to hydrolysis) is 1. The molecule has 0 spiro atoms. The molecule has 0 saturated carbocycles. The number of carbonyl (C=O) groups excluding carboxylic acids is 1. The Bertz CT molecular complexity index is 728. The predicted molar refractivity (Wildman–Crippen MR) is 88.5 cm³/mol. The number of nitrogens with one attached hydrogen (secondary N) is 2. The highest BCUT2D eigenvalue weighted by atomic mass is 32.2. The minimum absolute atomic E-state index is 0.256. The van der Waals surface area contributed by atoms with E-state index in [0.717, 1.165) is 12.1 Å². The minimum atomic E-state index is -4.19. The van der Waals surface area contributed by atoms with Crippen LogP contribution >= 0.6 is 0 Å². The molecule has 0 radical (unpaired) electrons. The molecule has 1 aromatic carbocycles. The van der Waals surface area contributed by atoms with Gasteiger partial charge < -0.3 is 15.2 Å². The van der Waals surface area contributed by atoms with Crippen molar-refractivity contribution < 1.29 is 28.0 Å². The van der Waals surface area contributed by atoms with Crippen LogP contribution < -0.4 is 10.0 Å². The molecule has 0 fully saturated rings. The first kappa shape index (κ1) is 20.8. The van der Waals surface area contributed by atoms with Gasteiger partial charge in [0.25, 0.3) is 5.69 Å². The van der Waals surface area contributed by atoms with Crippen LogP contribution in [0.1, 0.15) is 20.8 Å². The lowest BCUT2D eigenvalue weighted by molar-refractivity contribution is -0.387. The van der Waals surface area contributed by atoms with E-state index in [1.165, 1.54) is 12.1 Å². The number of aliphatic hydroxyl groups is 1. The number of hydrogen-bond donors (Lipinski definition) is 3. The smallest absolute Gasteiger partial charge is 0.407 e. The van der Waals surface area contributed by atoms with Crippen LogP contribution in [0.3, 0.4) is 0 Å². The van der Waals surface area contributed by atoms with Crippen molar-refractivity contribution in [3.05, 3.63) is 34.4 Å². The second kappa shape index (κ2) is 8.23. The highest BCUT2D eigenvalue weighted by Gasteiger charge is 2.25. The second-order valence-electron chi connectivity index (χ2n) is 6.11. The van der Waals surface area contributed by atoms with Gasteiger partial charge in [0.05, 0.1) is 11.0 Å². The van der Waals surface area contributed by atoms with Gasteiger partial charge in [0.2, 0.25) is 10.0 Å². The summed E-state index contributed by atoms with van der Waals surface area (Å²) in [6, 6.07) is 4.85. The molecule has 140 valence electrons. The summed E-state index contributed by atoms with van der Waals surface area (Å²) in [7, 11) is -4.19. The monoisotopic (exact) mass is 375 g/mol. The Morgan fingerprint density at radius 2 is 1.92 bits per heavy atom. The molecule has 10 nitrogen and oxygen atoms in total. The maximum Gasteiger partial charge on any atom is 0.407 e. The van der Waals surface area contributed by atoms with E-state index in [0.29, 0.717) is 0 Å². The van der Waals surface area contributed by atoms with Gasteiger partial charge in [-0.15, -0.1) is 0 Å². The average molecular weight is 375 g/mol. The van der Waals surface area contributed by atoms with E-state index in [-0.39, 0.29) is 6.54 Å². The zero-order valence-corrected chi connectivity index (χ0v) is 14.9. The molecule has 0 aliphatic rings. The van der Waals surface area contributed by atoms with Crippen molar-refractivity contribution in [1.29, 1.82) is 0 Å². The number of sulfonamides is 1. The number of amides is 1. The molecular formula is C14H21N3O7S. The molecule has 11 heteroatoms. The third kappa shape index (κ3) is 7.03. The number of nitrogens with zero attached hydrogens (tertiary/aromatic N) is 1. The Morgan fingerprint density at radius 3 is 2.48 bits per heavy atom. The van der Waals surface area contributed by atoms with Crippen molar-refractivity contribution >= 4 is 21.8 Å². The summed E-state index contributed by atoms with van der Waals surface area (Å²) in [5.41, 5.74) is -1.28. The zero-order valence-electron chi connectivity index (χ0n) is 14.1. The summed E-state index contributed by atoms with van der Waals surface area (Å²) in [6.45, 7) is 4.32. The van der Waals surface area contributed by atoms with E-state index < -0.39 is 49.9 Å². The fraction of sp³-hybridized carbons (Fsp3) is 0.500. The average Bonchev–Trinajstić information content (AvgIpc) is 2.49. The molecule has 0 saturated heterocycles. The Balaban J connectivity index is 2.62. The van der Waals surface area contributed by atoms with Crippen molar-refractivity contribution in [2.24, 2.45) is 0 Å². The number of ether oxygens (including phenoxy) is 1. The van der Waals surface area contributed by atoms with E-state index in [2.05, 4.69) is 10.0 Å². The van der Waals surface area contributed by atoms with Gasteiger partial charge >= 0.3 is 6.09 Å². The molecule has 1 rings (SSSR count). The quantitative estimate of drug-likeness (QED) is 0.470. The second-order valence-corrected chi connectivity index (χ2v) is 7.85. The molecule has 0 heterocycles. The number of hydrogen-bond acceptors (Lipinski definition) is 7. The van der Waals surface area contributed by atoms with E-state index in [1.54, 1.807) is 20.8 Å². The minimum Gasteiger partial charge on any atom is -0.444 e. The fourth-order valence-corrected chi connectivity index (χ4v) is 2.95. The van der Waals surface area contributed by atoms with Crippen LogP contribution in [0, 0.1) is 10.1 Å². The van der Waals surface area contributed by atoms with Crippen LogP contribution in [0.25, 0.3) is 0 Å². The first-order valence-corrected chi connectivity index (χ1v) is 8.79. The maximum atomic E-state index is 12.1. The fourth-order valence-electron chi connectivity index (χ4n) is 1.71. The number of nitro benzene ring substituents is 1. The Kier molecular flexibility index (Phi) is 6.85. The zero-order chi connectivity index (χ0) is 19.3. The lowest BCUT2D eigenvalue weighted by Crippen LogP contribution is -2.41. The molecule has 0 aromatic heterocycles. The highest BCUT2D eigenvalue weighted by molar-refractivity contribution is 7.89. The number of nitro groups is 1. The van der Waals surface area contributed by atoms with Gasteiger partial charge in [0.15, 0.2) is 4.90 Å². The lowest BCUT2D eigenvalue weighted by Gasteiger charge is -2.20. The number of carbonyl (C=O) groups is 1. The van der Waals surface area contributed by atoms with Gasteiger partial charge in [-0.3, -0.25) is 10.1 Å². The number of para-hydroxylation sites is 1. The third-order valence-electron chi connectivity index (χ3n) is 2.74. The third-order valence-corrected chi connectivity index (χ3v) is 4.21. The van der Waals surface area contributed by atoms with Crippen molar-refractivity contribution in [2.45, 2.75) is 37.4 Å². The van der Waals surface area contributed by atoms with Gasteiger partial charge in [-0.25, -0.2) is 17.9 Å². The van der Waals surface area contributed by atoms with Gasteiger partial charge in [-0.1, -0.05) is 12.1 Å². The van der Waals surface area contributed by atoms with Crippen molar-refractivity contribution in [3.63, 3.8) is 0 Å². The SMILES string of the molecule is CC(C)(C)OC(=O)NCC(O)CNS(=O)(=O)c1ccccc1[N+](=O)[O-]. The molecule has 3 N–H and O–H groups in total. The van der Waals surface area contributed by atoms with Gasteiger partial charge in [0.1, 0.15) is 5.60 Å². The number of aliphatic hydroxyl groups excluding tert-OH is 1. The van der Waals surface area contributed by atoms with Crippen LogP contribution in [0.15, 0.2) is 29.2 Å². The lowest BCUT2D eigenvalue weighted by atomic mass is 10.2. The summed E-state index contributed by atoms with van der Waals surface area (Å²) < 4.78 is 31.3. The van der Waals surface area contributed by atoms with Crippen molar-refractivity contribution in [3.8, 4) is 0 Å². The number of rotatable bonds is 7. The standard InChI is InChI=1S/C14H21N3O7S/c1-14(2,3)24-13(19)15-8-10(18)9-16-25(22,23)12-7-5-4-6-11(12)17(20)21/h4-7,10,16,18H,8-9H2,1-3H3,(H,15,19). The summed E-state index contributed by atoms with van der Waals surface area (Å²) in [6.07, 6.45) is -2.00. The molecule has 1 aromatic rings. The van der Waals surface area contributed by atoms with E-state index in [9.17, 15) is 28.4 Å². The topological polar surface area (TPSA) is 148 Å². The summed E-state index contributed by atoms with van der Waals surface area (Å²) in [5, 5.41) is 22.9. The van der Waals surface area contributed by atoms with E-state index in [1.807, 2.05) is 0 Å². The first-order valence-electron chi connectivity index (χ1n) is 7.30. The normalized spacial score (nSPS) is 13.1. The summed E-state index contributed by atoms with van der Waals surface area (Å²) >= 11 is 0. The number of benzene rings is 1. The molecule has 1 amide bonds. The molecule has 1 atom stereocenters. The van der Waals surface area contributed by atoms with Crippen LogP contribution in [0.2, 0.25) is 0 Å². The largest absolute Gasteiger partial charge is 0.444 e. The van der Waals surface area contributed by atoms with Crippen LogP contribution in [-0.2, 0) is 14.8 Å². The maximum absolute atomic E-state index is 12.1. The van der Waals surface area contributed by atoms with Gasteiger partial charge in [0, 0.05) is 19.2 Å². The van der Waals surface area contributed by atoms with E-state index in [4.69, 9.17) is 4.74 Å². The molecule has 0 aliphatic heterocycles. The predicted octanol–water partition coefficient (Wildman–Crippen LogP) is 0.759. The Labute approximate surface area is 145 Å². The van der Waals surface area contributed by atoms with Crippen LogP contribution in [-0.4, -0.2) is 49.3 Å². The first-order chi connectivity index (χ1) is 11.4. The summed E-state index contributed by atoms with van der Waals surface area (Å²) in [4.78, 5) is 21.0.